The average molecular weight is 618 g/mol. The molecule has 2 aliphatic rings. The number of fused-ring (bicyclic) bond motifs is 8. The molecule has 2 atom stereocenters. The van der Waals surface area contributed by atoms with Crippen molar-refractivity contribution in [3.63, 3.8) is 0 Å². The number of hydrogen-bond acceptors (Lipinski definition) is 2. The molecule has 3 aromatic heterocycles. The minimum absolute atomic E-state index is 0. The van der Waals surface area contributed by atoms with Crippen LogP contribution in [0.5, 0.6) is 0 Å². The van der Waals surface area contributed by atoms with Crippen molar-refractivity contribution in [3.05, 3.63) is 103 Å². The van der Waals surface area contributed by atoms with E-state index < -0.39 is 11.9 Å². The predicted octanol–water partition coefficient (Wildman–Crippen LogP) is 4.34. The molecule has 2 N–H and O–H groups in total. The van der Waals surface area contributed by atoms with E-state index in [1.165, 1.54) is 0 Å². The fraction of sp³-hybridized carbons (Fsp3) is 0.294. The van der Waals surface area contributed by atoms with Gasteiger partial charge in [-0.2, -0.15) is 11.4 Å². The van der Waals surface area contributed by atoms with Crippen molar-refractivity contribution in [1.29, 1.82) is 0 Å². The van der Waals surface area contributed by atoms with E-state index in [4.69, 9.17) is 20.3 Å². The summed E-state index contributed by atoms with van der Waals surface area (Å²) < 4.78 is 0. The summed E-state index contributed by atoms with van der Waals surface area (Å²) in [5, 5.41) is 25.2. The van der Waals surface area contributed by atoms with Crippen molar-refractivity contribution in [1.82, 2.24) is 15.0 Å². The van der Waals surface area contributed by atoms with Crippen LogP contribution < -0.4 is 25.7 Å². The Balaban J connectivity index is 0.00000423. The van der Waals surface area contributed by atoms with Gasteiger partial charge in [-0.3, -0.25) is 9.59 Å². The van der Waals surface area contributed by atoms with Gasteiger partial charge in [-0.15, -0.1) is 40.1 Å². The molecule has 43 heavy (non-hydrogen) atoms. The fourth-order valence-corrected chi connectivity index (χ4v) is 5.90. The van der Waals surface area contributed by atoms with E-state index in [1.807, 2.05) is 51.2 Å². The van der Waals surface area contributed by atoms with Gasteiger partial charge >= 0.3 is 11.9 Å². The molecule has 9 heteroatoms. The number of aliphatic carboxylic acids is 2. The zero-order valence-electron chi connectivity index (χ0n) is 24.7. The first-order valence-electron chi connectivity index (χ1n) is 14.0. The Morgan fingerprint density at radius 1 is 0.767 bits per heavy atom. The van der Waals surface area contributed by atoms with E-state index in [0.29, 0.717) is 29.2 Å². The second-order valence-electron chi connectivity index (χ2n) is 11.0. The number of carboxylic acids is 2. The second kappa shape index (κ2) is 12.6. The first-order chi connectivity index (χ1) is 20.0. The molecule has 8 nitrogen and oxygen atoms in total. The summed E-state index contributed by atoms with van der Waals surface area (Å²) in [6.45, 7) is 16.1. The number of rotatable bonds is 8. The van der Waals surface area contributed by atoms with Gasteiger partial charge in [0.05, 0.1) is 0 Å². The van der Waals surface area contributed by atoms with Crippen LogP contribution in [0.3, 0.4) is 0 Å². The number of aromatic nitrogens is 3. The summed E-state index contributed by atoms with van der Waals surface area (Å²) >= 11 is 0. The summed E-state index contributed by atoms with van der Waals surface area (Å²) in [6.07, 6.45) is 12.0. The molecule has 0 spiro atoms. The molecule has 5 rings (SSSR count). The zero-order chi connectivity index (χ0) is 30.3. The Kier molecular flexibility index (Phi) is 9.28. The van der Waals surface area contributed by atoms with E-state index in [-0.39, 0.29) is 41.7 Å². The van der Waals surface area contributed by atoms with Crippen LogP contribution in [0.15, 0.2) is 30.6 Å². The third-order valence-electron chi connectivity index (χ3n) is 8.44. The van der Waals surface area contributed by atoms with Gasteiger partial charge in [-0.05, 0) is 51.0 Å². The molecule has 5 heterocycles. The molecule has 0 amide bonds. The van der Waals surface area contributed by atoms with E-state index in [1.54, 1.807) is 6.08 Å². The minimum Gasteiger partial charge on any atom is -0.664 e. The summed E-state index contributed by atoms with van der Waals surface area (Å²) in [5.41, 5.74) is 9.90. The van der Waals surface area contributed by atoms with E-state index in [0.717, 1.165) is 61.9 Å². The minimum atomic E-state index is -0.894. The number of carbonyl (C=O) groups is 2. The first-order valence-corrected chi connectivity index (χ1v) is 14.0. The molecule has 2 unspecified atom stereocenters. The molecule has 1 saturated heterocycles. The van der Waals surface area contributed by atoms with Gasteiger partial charge in [0.2, 0.25) is 0 Å². The molecule has 0 saturated carbocycles. The van der Waals surface area contributed by atoms with Crippen LogP contribution in [0, 0.1) is 32.6 Å². The quantitative estimate of drug-likeness (QED) is 0.284. The Bertz CT molecular complexity index is 1810. The molecule has 1 fully saturated rings. The van der Waals surface area contributed by atoms with Crippen molar-refractivity contribution in [3.8, 4) is 0 Å². The second-order valence-corrected chi connectivity index (χ2v) is 11.0. The van der Waals surface area contributed by atoms with E-state index in [2.05, 4.69) is 20.1 Å². The predicted molar refractivity (Wildman–Crippen MR) is 164 cm³/mol. The number of allylic oxidation sites excluding steroid dienone is 2. The van der Waals surface area contributed by atoms with Crippen LogP contribution in [0.2, 0.25) is 0 Å². The molecule has 8 bridgehead atoms. The normalized spacial score (nSPS) is 21.0. The Hall–Kier alpha value is -4.20. The van der Waals surface area contributed by atoms with Crippen molar-refractivity contribution in [2.45, 2.75) is 53.4 Å². The molecule has 0 aromatic carbocycles. The van der Waals surface area contributed by atoms with Crippen LogP contribution in [0.1, 0.15) is 75.9 Å². The summed E-state index contributed by atoms with van der Waals surface area (Å²) in [5.74, 6) is -1.73. The van der Waals surface area contributed by atoms with Crippen LogP contribution >= 0.6 is 0 Å². The van der Waals surface area contributed by atoms with Crippen LogP contribution in [-0.4, -0.2) is 22.2 Å². The zero-order valence-corrected chi connectivity index (χ0v) is 25.9. The SMILES string of the molecule is C=Cc1c2[n-]c(c1C)/C=C1\[N-]/C(=C\c3[n-]c(c(CCC(=O)O)c3C)/C=c3\[n-]/c(c(C)c3CCC(=O)O)=C\2)C(C)C1C=C.[Mn]. The maximum Gasteiger partial charge on any atom is 0.303 e. The summed E-state index contributed by atoms with van der Waals surface area (Å²) in [6, 6.07) is 0. The molecule has 1 radical (unpaired) electrons. The maximum absolute atomic E-state index is 11.5. The van der Waals surface area contributed by atoms with Crippen molar-refractivity contribution in [2.75, 3.05) is 0 Å². The standard InChI is InChI=1S/C34H34N4O4.Mn/c1-7-21-17(3)25-13-26-19(5)23(9-11-33(39)40)31(37-26)16-32-24(10-12-34(41)42)20(6)28(38-32)15-30-22(8-2)18(4)27(36-30)14-29(21)35-25;/h7-8,13-17,21H,1-2,9-12H2,3-6H3,(H,39,40)(H,41,42);/q-4;/b25-13-,28-15-,29-14-,32-16-;. The van der Waals surface area contributed by atoms with Gasteiger partial charge in [0.25, 0.3) is 0 Å². The number of nitrogens with zero attached hydrogens (tertiary/aromatic N) is 4. The van der Waals surface area contributed by atoms with Gasteiger partial charge < -0.3 is 30.5 Å². The van der Waals surface area contributed by atoms with Crippen molar-refractivity contribution < 1.29 is 36.9 Å². The van der Waals surface area contributed by atoms with Gasteiger partial charge in [0.15, 0.2) is 0 Å². The average Bonchev–Trinajstić information content (AvgIpc) is 3.59. The van der Waals surface area contributed by atoms with Crippen LogP contribution in [0.25, 0.3) is 35.7 Å². The topological polar surface area (TPSA) is 131 Å². The Morgan fingerprint density at radius 2 is 1.35 bits per heavy atom. The summed E-state index contributed by atoms with van der Waals surface area (Å²) in [4.78, 5) is 37.9. The molecule has 225 valence electrons. The van der Waals surface area contributed by atoms with Gasteiger partial charge in [-0.25, -0.2) is 0 Å². The van der Waals surface area contributed by atoms with Gasteiger partial charge in [-0.1, -0.05) is 77.8 Å². The fourth-order valence-electron chi connectivity index (χ4n) is 5.90. The third kappa shape index (κ3) is 6.01. The van der Waals surface area contributed by atoms with E-state index in [9.17, 15) is 19.8 Å². The van der Waals surface area contributed by atoms with Crippen molar-refractivity contribution >= 4 is 42.3 Å². The molecule has 2 aliphatic heterocycles. The Labute approximate surface area is 261 Å². The van der Waals surface area contributed by atoms with Gasteiger partial charge in [0, 0.05) is 29.9 Å². The Morgan fingerprint density at radius 3 is 1.98 bits per heavy atom. The molecule has 0 aliphatic carbocycles. The smallest absolute Gasteiger partial charge is 0.303 e. The number of hydrogen-bond donors (Lipinski definition) is 2. The molecular weight excluding hydrogens is 583 g/mol. The van der Waals surface area contributed by atoms with Gasteiger partial charge in [0.1, 0.15) is 0 Å². The van der Waals surface area contributed by atoms with Crippen LogP contribution in [0.4, 0.5) is 0 Å². The maximum atomic E-state index is 11.5. The largest absolute Gasteiger partial charge is 0.664 e. The van der Waals surface area contributed by atoms with E-state index >= 15 is 0 Å². The monoisotopic (exact) mass is 617 g/mol. The number of carboxylic acid groups (broad SMARTS) is 2. The first kappa shape index (κ1) is 31.7. The van der Waals surface area contributed by atoms with Crippen molar-refractivity contribution in [2.24, 2.45) is 11.8 Å². The van der Waals surface area contributed by atoms with Crippen LogP contribution in [-0.2, 0) is 39.5 Å². The summed E-state index contributed by atoms with van der Waals surface area (Å²) in [7, 11) is 0. The molecular formula is C34H34MnN4O4-4. The molecule has 3 aromatic rings. The third-order valence-corrected chi connectivity index (χ3v) is 8.44.